The second-order valence-corrected chi connectivity index (χ2v) is 5.89. The van der Waals surface area contributed by atoms with Crippen molar-refractivity contribution >= 4 is 17.5 Å². The number of carbonyl (C=O) groups excluding carboxylic acids is 2. The van der Waals surface area contributed by atoms with Crippen molar-refractivity contribution in [3.05, 3.63) is 89.5 Å². The molecule has 3 rings (SSSR count). The number of rotatable bonds is 6. The number of aromatic nitrogens is 1. The molecule has 142 valence electrons. The summed E-state index contributed by atoms with van der Waals surface area (Å²) in [5, 5.41) is 5.23. The predicted octanol–water partition coefficient (Wildman–Crippen LogP) is 3.41. The van der Waals surface area contributed by atoms with Crippen LogP contribution in [-0.4, -0.2) is 23.9 Å². The summed E-state index contributed by atoms with van der Waals surface area (Å²) in [7, 11) is 1.56. The molecule has 0 unspecified atom stereocenters. The quantitative estimate of drug-likeness (QED) is 0.688. The summed E-state index contributed by atoms with van der Waals surface area (Å²) in [5.41, 5.74) is 1.24. The number of pyridine rings is 1. The average Bonchev–Trinajstić information content (AvgIpc) is 2.74. The SMILES string of the molecule is COc1ccccc1CNC(=O)c1cncc(C(=O)Nc2ccccc2F)c1. The van der Waals surface area contributed by atoms with E-state index >= 15 is 0 Å². The Labute approximate surface area is 161 Å². The Kier molecular flexibility index (Phi) is 5.96. The lowest BCUT2D eigenvalue weighted by Gasteiger charge is -2.10. The molecule has 1 heterocycles. The Morgan fingerprint density at radius 1 is 1.00 bits per heavy atom. The lowest BCUT2D eigenvalue weighted by Crippen LogP contribution is -2.24. The van der Waals surface area contributed by atoms with E-state index in [-0.39, 0.29) is 29.3 Å². The summed E-state index contributed by atoms with van der Waals surface area (Å²) in [5.74, 6) is -0.829. The zero-order chi connectivity index (χ0) is 19.9. The number of nitrogens with one attached hydrogen (secondary N) is 2. The Morgan fingerprint density at radius 3 is 2.43 bits per heavy atom. The number of anilines is 1. The Balaban J connectivity index is 1.69. The van der Waals surface area contributed by atoms with Crippen LogP contribution in [0.4, 0.5) is 10.1 Å². The van der Waals surface area contributed by atoms with Crippen LogP contribution in [0.2, 0.25) is 0 Å². The number of ether oxygens (including phenoxy) is 1. The van der Waals surface area contributed by atoms with Gasteiger partial charge in [0.1, 0.15) is 11.6 Å². The summed E-state index contributed by atoms with van der Waals surface area (Å²) in [6.07, 6.45) is 2.67. The highest BCUT2D eigenvalue weighted by Crippen LogP contribution is 2.17. The number of nitrogens with zero attached hydrogens (tertiary/aromatic N) is 1. The third-order valence-corrected chi connectivity index (χ3v) is 4.02. The Bertz CT molecular complexity index is 1010. The lowest BCUT2D eigenvalue weighted by atomic mass is 10.1. The van der Waals surface area contributed by atoms with Crippen LogP contribution in [0, 0.1) is 5.82 Å². The molecule has 2 amide bonds. The smallest absolute Gasteiger partial charge is 0.257 e. The summed E-state index contributed by atoms with van der Waals surface area (Å²) in [6.45, 7) is 0.258. The van der Waals surface area contributed by atoms with Crippen LogP contribution in [0.25, 0.3) is 0 Å². The fourth-order valence-corrected chi connectivity index (χ4v) is 2.57. The second-order valence-electron chi connectivity index (χ2n) is 5.89. The predicted molar refractivity (Wildman–Crippen MR) is 103 cm³/mol. The van der Waals surface area contributed by atoms with Gasteiger partial charge in [-0.15, -0.1) is 0 Å². The van der Waals surface area contributed by atoms with Gasteiger partial charge in [-0.05, 0) is 24.3 Å². The van der Waals surface area contributed by atoms with Gasteiger partial charge in [0.2, 0.25) is 0 Å². The molecule has 0 saturated heterocycles. The van der Waals surface area contributed by atoms with Crippen molar-refractivity contribution in [2.75, 3.05) is 12.4 Å². The van der Waals surface area contributed by atoms with Crippen LogP contribution in [0.5, 0.6) is 5.75 Å². The van der Waals surface area contributed by atoms with Gasteiger partial charge in [0.15, 0.2) is 0 Å². The highest BCUT2D eigenvalue weighted by atomic mass is 19.1. The molecule has 1 aromatic heterocycles. The molecule has 6 nitrogen and oxygen atoms in total. The van der Waals surface area contributed by atoms with Gasteiger partial charge in [0, 0.05) is 24.5 Å². The maximum absolute atomic E-state index is 13.7. The van der Waals surface area contributed by atoms with Gasteiger partial charge < -0.3 is 15.4 Å². The van der Waals surface area contributed by atoms with Gasteiger partial charge >= 0.3 is 0 Å². The number of hydrogen-bond donors (Lipinski definition) is 2. The topological polar surface area (TPSA) is 80.3 Å². The van der Waals surface area contributed by atoms with E-state index in [1.54, 1.807) is 19.2 Å². The molecule has 0 aliphatic rings. The second kappa shape index (κ2) is 8.77. The first kappa shape index (κ1) is 19.0. The fraction of sp³-hybridized carbons (Fsp3) is 0.0952. The van der Waals surface area contributed by atoms with Crippen LogP contribution < -0.4 is 15.4 Å². The van der Waals surface area contributed by atoms with Crippen LogP contribution in [0.1, 0.15) is 26.3 Å². The van der Waals surface area contributed by atoms with Gasteiger partial charge in [-0.25, -0.2) is 4.39 Å². The summed E-state index contributed by atoms with van der Waals surface area (Å²) in [6, 6.07) is 14.6. The number of halogens is 1. The highest BCUT2D eigenvalue weighted by molar-refractivity contribution is 6.05. The summed E-state index contributed by atoms with van der Waals surface area (Å²) in [4.78, 5) is 28.7. The normalized spacial score (nSPS) is 10.2. The summed E-state index contributed by atoms with van der Waals surface area (Å²) < 4.78 is 18.9. The van der Waals surface area contributed by atoms with E-state index in [1.165, 1.54) is 36.7 Å². The van der Waals surface area contributed by atoms with E-state index in [1.807, 2.05) is 18.2 Å². The van der Waals surface area contributed by atoms with Crippen LogP contribution in [0.3, 0.4) is 0 Å². The maximum Gasteiger partial charge on any atom is 0.257 e. The fourth-order valence-electron chi connectivity index (χ4n) is 2.57. The molecule has 7 heteroatoms. The van der Waals surface area contributed by atoms with E-state index in [0.717, 1.165) is 5.56 Å². The molecule has 3 aromatic rings. The Morgan fingerprint density at radius 2 is 1.68 bits per heavy atom. The molecular weight excluding hydrogens is 361 g/mol. The maximum atomic E-state index is 13.7. The van der Waals surface area contributed by atoms with Crippen molar-refractivity contribution in [2.24, 2.45) is 0 Å². The van der Waals surface area contributed by atoms with Crippen LogP contribution >= 0.6 is 0 Å². The van der Waals surface area contributed by atoms with E-state index in [9.17, 15) is 14.0 Å². The van der Waals surface area contributed by atoms with Gasteiger partial charge in [-0.2, -0.15) is 0 Å². The van der Waals surface area contributed by atoms with Gasteiger partial charge in [0.25, 0.3) is 11.8 Å². The third-order valence-electron chi connectivity index (χ3n) is 4.02. The van der Waals surface area contributed by atoms with E-state index in [0.29, 0.717) is 5.75 Å². The molecule has 0 spiro atoms. The van der Waals surface area contributed by atoms with E-state index in [2.05, 4.69) is 15.6 Å². The van der Waals surface area contributed by atoms with Crippen molar-refractivity contribution in [3.63, 3.8) is 0 Å². The first-order valence-electron chi connectivity index (χ1n) is 8.49. The van der Waals surface area contributed by atoms with E-state index < -0.39 is 11.7 Å². The van der Waals surface area contributed by atoms with Crippen molar-refractivity contribution in [1.82, 2.24) is 10.3 Å². The van der Waals surface area contributed by atoms with Crippen molar-refractivity contribution in [2.45, 2.75) is 6.54 Å². The molecule has 0 fully saturated rings. The first-order valence-corrected chi connectivity index (χ1v) is 8.49. The lowest BCUT2D eigenvalue weighted by molar-refractivity contribution is 0.0950. The van der Waals surface area contributed by atoms with Crippen molar-refractivity contribution in [3.8, 4) is 5.75 Å². The molecule has 0 bridgehead atoms. The average molecular weight is 379 g/mol. The first-order chi connectivity index (χ1) is 13.6. The molecule has 0 aliphatic carbocycles. The van der Waals surface area contributed by atoms with Crippen molar-refractivity contribution < 1.29 is 18.7 Å². The molecule has 2 aromatic carbocycles. The number of methoxy groups -OCH3 is 1. The summed E-state index contributed by atoms with van der Waals surface area (Å²) >= 11 is 0. The standard InChI is InChI=1S/C21H18FN3O3/c1-28-19-9-5-2-6-14(19)13-24-20(26)15-10-16(12-23-11-15)21(27)25-18-8-4-3-7-17(18)22/h2-12H,13H2,1H3,(H,24,26)(H,25,27). The minimum atomic E-state index is -0.558. The van der Waals surface area contributed by atoms with E-state index in [4.69, 9.17) is 4.74 Å². The molecule has 0 atom stereocenters. The van der Waals surface area contributed by atoms with Crippen LogP contribution in [0.15, 0.2) is 67.0 Å². The molecule has 2 N–H and O–H groups in total. The highest BCUT2D eigenvalue weighted by Gasteiger charge is 2.13. The minimum Gasteiger partial charge on any atom is -0.496 e. The zero-order valence-electron chi connectivity index (χ0n) is 15.1. The van der Waals surface area contributed by atoms with Crippen LogP contribution in [-0.2, 0) is 6.54 Å². The third kappa shape index (κ3) is 4.50. The molecule has 0 radical (unpaired) electrons. The zero-order valence-corrected chi connectivity index (χ0v) is 15.1. The number of hydrogen-bond acceptors (Lipinski definition) is 4. The molecule has 0 aliphatic heterocycles. The minimum absolute atomic E-state index is 0.0542. The molecular formula is C21H18FN3O3. The largest absolute Gasteiger partial charge is 0.496 e. The van der Waals surface area contributed by atoms with Gasteiger partial charge in [-0.1, -0.05) is 30.3 Å². The molecule has 28 heavy (non-hydrogen) atoms. The van der Waals surface area contributed by atoms with Gasteiger partial charge in [0.05, 0.1) is 23.9 Å². The number of carbonyl (C=O) groups is 2. The Hall–Kier alpha value is -3.74. The monoisotopic (exact) mass is 379 g/mol. The molecule has 0 saturated carbocycles. The number of para-hydroxylation sites is 2. The number of amides is 2. The number of benzene rings is 2. The van der Waals surface area contributed by atoms with Gasteiger partial charge in [-0.3, -0.25) is 14.6 Å². The van der Waals surface area contributed by atoms with Crippen molar-refractivity contribution in [1.29, 1.82) is 0 Å².